The molecular weight excluding hydrogens is 575 g/mol. The first-order valence-electron chi connectivity index (χ1n) is 11.2. The lowest BCUT2D eigenvalue weighted by molar-refractivity contribution is -0.123. The van der Waals surface area contributed by atoms with Crippen molar-refractivity contribution in [2.75, 3.05) is 6.61 Å². The van der Waals surface area contributed by atoms with E-state index in [0.29, 0.717) is 23.7 Å². The summed E-state index contributed by atoms with van der Waals surface area (Å²) < 4.78 is 12.6. The van der Waals surface area contributed by atoms with Gasteiger partial charge in [0.05, 0.1) is 22.3 Å². The van der Waals surface area contributed by atoms with Gasteiger partial charge in [0.25, 0.3) is 5.91 Å². The van der Waals surface area contributed by atoms with Crippen molar-refractivity contribution in [3.63, 3.8) is 0 Å². The number of imide groups is 1. The van der Waals surface area contributed by atoms with Gasteiger partial charge in [-0.2, -0.15) is 0 Å². The summed E-state index contributed by atoms with van der Waals surface area (Å²) in [6.45, 7) is 2.67. The summed E-state index contributed by atoms with van der Waals surface area (Å²) >= 11 is 2.13. The SMILES string of the molecule is CCOc1cc(/C=C2/NC(=O)N(Cc3ccccc3)C2=O)cc(I)c1OCc1ccc(C(=O)O)cc1. The zero-order chi connectivity index (χ0) is 25.7. The third-order valence-corrected chi connectivity index (χ3v) is 6.17. The fraction of sp³-hybridized carbons (Fsp3) is 0.148. The first-order valence-corrected chi connectivity index (χ1v) is 12.2. The van der Waals surface area contributed by atoms with Crippen molar-refractivity contribution in [1.82, 2.24) is 10.2 Å². The number of halogens is 1. The molecule has 0 spiro atoms. The fourth-order valence-electron chi connectivity index (χ4n) is 3.62. The minimum atomic E-state index is -0.986. The zero-order valence-electron chi connectivity index (χ0n) is 19.4. The quantitative estimate of drug-likeness (QED) is 0.203. The predicted molar refractivity (Wildman–Crippen MR) is 142 cm³/mol. The number of urea groups is 1. The predicted octanol–water partition coefficient (Wildman–Crippen LogP) is 5.06. The van der Waals surface area contributed by atoms with Gasteiger partial charge in [0.2, 0.25) is 0 Å². The molecule has 0 unspecified atom stereocenters. The molecule has 3 aromatic carbocycles. The van der Waals surface area contributed by atoms with E-state index in [1.807, 2.05) is 43.3 Å². The number of amides is 3. The number of carbonyl (C=O) groups is 3. The average molecular weight is 598 g/mol. The second kappa shape index (κ2) is 11.3. The highest BCUT2D eigenvalue weighted by atomic mass is 127. The number of benzene rings is 3. The molecule has 1 saturated heterocycles. The van der Waals surface area contributed by atoms with Crippen molar-refractivity contribution in [3.05, 3.63) is 98.3 Å². The van der Waals surface area contributed by atoms with Crippen LogP contribution in [0.15, 0.2) is 72.4 Å². The highest BCUT2D eigenvalue weighted by Gasteiger charge is 2.33. The van der Waals surface area contributed by atoms with E-state index >= 15 is 0 Å². The Hall–Kier alpha value is -3.86. The Labute approximate surface area is 221 Å². The second-order valence-corrected chi connectivity index (χ2v) is 9.08. The Morgan fingerprint density at radius 1 is 1.03 bits per heavy atom. The molecule has 184 valence electrons. The van der Waals surface area contributed by atoms with Crippen LogP contribution in [0.1, 0.15) is 34.0 Å². The molecule has 3 aromatic rings. The van der Waals surface area contributed by atoms with Gasteiger partial charge in [-0.3, -0.25) is 9.69 Å². The van der Waals surface area contributed by atoms with Gasteiger partial charge in [-0.1, -0.05) is 42.5 Å². The number of nitrogens with one attached hydrogen (secondary N) is 1. The van der Waals surface area contributed by atoms with E-state index in [1.165, 1.54) is 17.0 Å². The van der Waals surface area contributed by atoms with Gasteiger partial charge in [-0.15, -0.1) is 0 Å². The first kappa shape index (κ1) is 25.2. The molecule has 4 rings (SSSR count). The van der Waals surface area contributed by atoms with Gasteiger partial charge in [0, 0.05) is 0 Å². The number of hydrogen-bond donors (Lipinski definition) is 2. The van der Waals surface area contributed by atoms with Crippen molar-refractivity contribution in [2.45, 2.75) is 20.1 Å². The molecule has 0 aromatic heterocycles. The highest BCUT2D eigenvalue weighted by molar-refractivity contribution is 14.1. The molecule has 2 N–H and O–H groups in total. The molecule has 0 aliphatic carbocycles. The minimum absolute atomic E-state index is 0.182. The highest BCUT2D eigenvalue weighted by Crippen LogP contribution is 2.36. The minimum Gasteiger partial charge on any atom is -0.490 e. The van der Waals surface area contributed by atoms with E-state index in [2.05, 4.69) is 27.9 Å². The van der Waals surface area contributed by atoms with Crippen LogP contribution in [0.5, 0.6) is 11.5 Å². The molecule has 0 radical (unpaired) electrons. The standard InChI is InChI=1S/C27H23IN2O6/c1-2-35-23-14-19(12-21(28)24(23)36-16-18-8-10-20(11-9-18)26(32)33)13-22-25(31)30(27(34)29-22)15-17-6-4-3-5-7-17/h3-14H,2,15-16H2,1H3,(H,29,34)(H,32,33)/b22-13+. The number of ether oxygens (including phenoxy) is 2. The molecule has 1 fully saturated rings. The Kier molecular flexibility index (Phi) is 7.89. The fourth-order valence-corrected chi connectivity index (χ4v) is 4.40. The molecule has 8 nitrogen and oxygen atoms in total. The zero-order valence-corrected chi connectivity index (χ0v) is 21.5. The third kappa shape index (κ3) is 5.85. The Balaban J connectivity index is 1.53. The van der Waals surface area contributed by atoms with E-state index in [-0.39, 0.29) is 24.4 Å². The van der Waals surface area contributed by atoms with Gasteiger partial charge < -0.3 is 19.9 Å². The molecule has 1 aliphatic heterocycles. The lowest BCUT2D eigenvalue weighted by atomic mass is 10.1. The van der Waals surface area contributed by atoms with E-state index < -0.39 is 17.9 Å². The largest absolute Gasteiger partial charge is 0.490 e. The van der Waals surface area contributed by atoms with Gasteiger partial charge >= 0.3 is 12.0 Å². The van der Waals surface area contributed by atoms with Crippen molar-refractivity contribution in [3.8, 4) is 11.5 Å². The Morgan fingerprint density at radius 2 is 1.75 bits per heavy atom. The summed E-state index contributed by atoms with van der Waals surface area (Å²) in [5, 5.41) is 11.7. The van der Waals surface area contributed by atoms with E-state index in [0.717, 1.165) is 14.7 Å². The monoisotopic (exact) mass is 598 g/mol. The summed E-state index contributed by atoms with van der Waals surface area (Å²) in [6, 6.07) is 18.9. The lowest BCUT2D eigenvalue weighted by Crippen LogP contribution is -2.30. The van der Waals surface area contributed by atoms with Gasteiger partial charge in [0.1, 0.15) is 12.3 Å². The van der Waals surface area contributed by atoms with Crippen LogP contribution in [-0.2, 0) is 17.9 Å². The first-order chi connectivity index (χ1) is 17.4. The maximum atomic E-state index is 12.9. The maximum absolute atomic E-state index is 12.9. The summed E-state index contributed by atoms with van der Waals surface area (Å²) in [4.78, 5) is 37.5. The average Bonchev–Trinajstić information content (AvgIpc) is 3.12. The molecule has 9 heteroatoms. The summed E-state index contributed by atoms with van der Waals surface area (Å²) in [5.74, 6) is -0.354. The second-order valence-electron chi connectivity index (χ2n) is 7.92. The van der Waals surface area contributed by atoms with Crippen LogP contribution in [0.2, 0.25) is 0 Å². The number of nitrogens with zero attached hydrogens (tertiary/aromatic N) is 1. The molecule has 0 bridgehead atoms. The van der Waals surface area contributed by atoms with E-state index in [1.54, 1.807) is 24.3 Å². The number of aromatic carboxylic acids is 1. The number of rotatable bonds is 9. The summed E-state index contributed by atoms with van der Waals surface area (Å²) in [5.41, 5.74) is 2.72. The smallest absolute Gasteiger partial charge is 0.335 e. The number of carbonyl (C=O) groups excluding carboxylic acids is 2. The van der Waals surface area contributed by atoms with Crippen LogP contribution >= 0.6 is 22.6 Å². The van der Waals surface area contributed by atoms with Crippen LogP contribution < -0.4 is 14.8 Å². The number of carboxylic acids is 1. The lowest BCUT2D eigenvalue weighted by Gasteiger charge is -2.15. The number of carboxylic acid groups (broad SMARTS) is 1. The van der Waals surface area contributed by atoms with Crippen LogP contribution in [0, 0.1) is 3.57 Å². The maximum Gasteiger partial charge on any atom is 0.335 e. The van der Waals surface area contributed by atoms with Gasteiger partial charge in [-0.05, 0) is 76.5 Å². The van der Waals surface area contributed by atoms with Crippen LogP contribution in [0.4, 0.5) is 4.79 Å². The van der Waals surface area contributed by atoms with Crippen LogP contribution in [-0.4, -0.2) is 34.5 Å². The Morgan fingerprint density at radius 3 is 2.42 bits per heavy atom. The molecule has 3 amide bonds. The summed E-state index contributed by atoms with van der Waals surface area (Å²) in [7, 11) is 0. The third-order valence-electron chi connectivity index (χ3n) is 5.37. The van der Waals surface area contributed by atoms with Gasteiger partial charge in [-0.25, -0.2) is 9.59 Å². The van der Waals surface area contributed by atoms with Crippen LogP contribution in [0.3, 0.4) is 0 Å². The normalized spacial score (nSPS) is 14.2. The van der Waals surface area contributed by atoms with Crippen molar-refractivity contribution >= 4 is 46.6 Å². The molecule has 36 heavy (non-hydrogen) atoms. The van der Waals surface area contributed by atoms with Crippen molar-refractivity contribution in [1.29, 1.82) is 0 Å². The van der Waals surface area contributed by atoms with Crippen molar-refractivity contribution < 1.29 is 29.0 Å². The van der Waals surface area contributed by atoms with E-state index in [4.69, 9.17) is 14.6 Å². The van der Waals surface area contributed by atoms with E-state index in [9.17, 15) is 14.4 Å². The topological polar surface area (TPSA) is 105 Å². The Bertz CT molecular complexity index is 1320. The van der Waals surface area contributed by atoms with Gasteiger partial charge in [0.15, 0.2) is 11.5 Å². The molecule has 1 aliphatic rings. The van der Waals surface area contributed by atoms with Crippen molar-refractivity contribution in [2.24, 2.45) is 0 Å². The molecular formula is C27H23IN2O6. The molecule has 1 heterocycles. The summed E-state index contributed by atoms with van der Waals surface area (Å²) in [6.07, 6.45) is 1.62. The molecule has 0 saturated carbocycles. The molecule has 0 atom stereocenters. The van der Waals surface area contributed by atoms with Crippen LogP contribution in [0.25, 0.3) is 6.08 Å². The number of hydrogen-bond acceptors (Lipinski definition) is 5.